The molecule has 18 heavy (non-hydrogen) atoms. The van der Waals surface area contributed by atoms with Crippen LogP contribution in [0.2, 0.25) is 0 Å². The van der Waals surface area contributed by atoms with Crippen molar-refractivity contribution in [3.05, 3.63) is 30.6 Å². The van der Waals surface area contributed by atoms with Crippen LogP contribution in [0.25, 0.3) is 11.1 Å². The second kappa shape index (κ2) is 5.39. The number of hydrogen-bond donors (Lipinski definition) is 0. The number of ether oxygens (including phenoxy) is 1. The van der Waals surface area contributed by atoms with E-state index in [4.69, 9.17) is 4.74 Å². The Kier molecular flexibility index (Phi) is 3.66. The van der Waals surface area contributed by atoms with Gasteiger partial charge in [-0.15, -0.1) is 0 Å². The van der Waals surface area contributed by atoms with Gasteiger partial charge < -0.3 is 4.74 Å². The number of carbonyl (C=O) groups excluding carboxylic acids is 1. The first-order chi connectivity index (χ1) is 8.69. The molecule has 0 atom stereocenters. The average molecular weight is 246 g/mol. The summed E-state index contributed by atoms with van der Waals surface area (Å²) in [6.07, 6.45) is 7.08. The van der Waals surface area contributed by atoms with E-state index in [0.29, 0.717) is 12.4 Å². The zero-order valence-corrected chi connectivity index (χ0v) is 10.3. The smallest absolute Gasteiger partial charge is 0.313 e. The predicted molar refractivity (Wildman–Crippen MR) is 64.6 cm³/mol. The van der Waals surface area contributed by atoms with Crippen LogP contribution in [0.5, 0.6) is 0 Å². The van der Waals surface area contributed by atoms with Crippen LogP contribution in [0.3, 0.4) is 0 Å². The van der Waals surface area contributed by atoms with Gasteiger partial charge in [0.15, 0.2) is 0 Å². The van der Waals surface area contributed by atoms with E-state index in [0.717, 1.165) is 11.1 Å². The molecule has 0 aliphatic carbocycles. The van der Waals surface area contributed by atoms with Gasteiger partial charge in [0.05, 0.1) is 12.8 Å². The van der Waals surface area contributed by atoms with Crippen molar-refractivity contribution in [1.82, 2.24) is 19.7 Å². The van der Waals surface area contributed by atoms with Crippen LogP contribution in [0.1, 0.15) is 12.7 Å². The van der Waals surface area contributed by atoms with Crippen LogP contribution in [0.4, 0.5) is 0 Å². The molecule has 2 aromatic rings. The van der Waals surface area contributed by atoms with Gasteiger partial charge in [0.25, 0.3) is 0 Å². The molecule has 94 valence electrons. The molecule has 2 aromatic heterocycles. The molecule has 2 rings (SSSR count). The lowest BCUT2D eigenvalue weighted by Gasteiger charge is -2.01. The summed E-state index contributed by atoms with van der Waals surface area (Å²) in [6.45, 7) is 2.14. The summed E-state index contributed by atoms with van der Waals surface area (Å²) in [5.41, 5.74) is 1.82. The van der Waals surface area contributed by atoms with Crippen molar-refractivity contribution < 1.29 is 9.53 Å². The fourth-order valence-corrected chi connectivity index (χ4v) is 1.51. The highest BCUT2D eigenvalue weighted by Crippen LogP contribution is 2.15. The summed E-state index contributed by atoms with van der Waals surface area (Å²) in [4.78, 5) is 19.5. The molecular formula is C12H14N4O2. The summed E-state index contributed by atoms with van der Waals surface area (Å²) < 4.78 is 6.54. The standard InChI is InChI=1S/C12H14N4O2/c1-3-18-12(17)4-11-13-5-9(6-14-11)10-7-15-16(2)8-10/h5-8H,3-4H2,1-2H3. The molecule has 0 unspecified atom stereocenters. The van der Waals surface area contributed by atoms with E-state index in [1.807, 2.05) is 13.2 Å². The molecule has 0 aliphatic rings. The Labute approximate surface area is 105 Å². The van der Waals surface area contributed by atoms with E-state index in [1.54, 1.807) is 30.2 Å². The van der Waals surface area contributed by atoms with Crippen LogP contribution in [-0.4, -0.2) is 32.3 Å². The topological polar surface area (TPSA) is 69.9 Å². The maximum Gasteiger partial charge on any atom is 0.313 e. The van der Waals surface area contributed by atoms with E-state index in [2.05, 4.69) is 15.1 Å². The summed E-state index contributed by atoms with van der Waals surface area (Å²) >= 11 is 0. The van der Waals surface area contributed by atoms with E-state index in [1.165, 1.54) is 0 Å². The lowest BCUT2D eigenvalue weighted by molar-refractivity contribution is -0.142. The third-order valence-electron chi connectivity index (χ3n) is 2.35. The molecule has 6 heteroatoms. The molecule has 0 aliphatic heterocycles. The molecule has 0 amide bonds. The Hall–Kier alpha value is -2.24. The number of nitrogens with zero attached hydrogens (tertiary/aromatic N) is 4. The van der Waals surface area contributed by atoms with Crippen molar-refractivity contribution in [1.29, 1.82) is 0 Å². The first-order valence-electron chi connectivity index (χ1n) is 5.64. The molecule has 0 aromatic carbocycles. The number of rotatable bonds is 4. The minimum atomic E-state index is -0.313. The molecule has 0 saturated heterocycles. The highest BCUT2D eigenvalue weighted by molar-refractivity contribution is 5.71. The molecule has 0 fully saturated rings. The van der Waals surface area contributed by atoms with Crippen molar-refractivity contribution in [2.45, 2.75) is 13.3 Å². The van der Waals surface area contributed by atoms with Gasteiger partial charge in [-0.25, -0.2) is 9.97 Å². The Balaban J connectivity index is 2.08. The zero-order chi connectivity index (χ0) is 13.0. The van der Waals surface area contributed by atoms with E-state index in [-0.39, 0.29) is 12.4 Å². The van der Waals surface area contributed by atoms with E-state index >= 15 is 0 Å². The quantitative estimate of drug-likeness (QED) is 0.752. The molecular weight excluding hydrogens is 232 g/mol. The maximum absolute atomic E-state index is 11.3. The number of aryl methyl sites for hydroxylation is 1. The normalized spacial score (nSPS) is 10.3. The highest BCUT2D eigenvalue weighted by atomic mass is 16.5. The van der Waals surface area contributed by atoms with Gasteiger partial charge in [0, 0.05) is 36.8 Å². The van der Waals surface area contributed by atoms with Gasteiger partial charge in [0.2, 0.25) is 0 Å². The number of carbonyl (C=O) groups is 1. The minimum absolute atomic E-state index is 0.0984. The summed E-state index contributed by atoms with van der Waals surface area (Å²) in [7, 11) is 1.85. The summed E-state index contributed by atoms with van der Waals surface area (Å²) in [5, 5.41) is 4.08. The summed E-state index contributed by atoms with van der Waals surface area (Å²) in [6, 6.07) is 0. The lowest BCUT2D eigenvalue weighted by atomic mass is 10.2. The predicted octanol–water partition coefficient (Wildman–Crippen LogP) is 0.983. The van der Waals surface area contributed by atoms with Gasteiger partial charge in [-0.05, 0) is 6.92 Å². The van der Waals surface area contributed by atoms with Crippen molar-refractivity contribution in [3.63, 3.8) is 0 Å². The molecule has 0 spiro atoms. The minimum Gasteiger partial charge on any atom is -0.466 e. The van der Waals surface area contributed by atoms with Crippen LogP contribution < -0.4 is 0 Å². The maximum atomic E-state index is 11.3. The van der Waals surface area contributed by atoms with Gasteiger partial charge in [-0.3, -0.25) is 9.48 Å². The molecule has 0 bridgehead atoms. The van der Waals surface area contributed by atoms with E-state index < -0.39 is 0 Å². The van der Waals surface area contributed by atoms with Crippen molar-refractivity contribution >= 4 is 5.97 Å². The number of aromatic nitrogens is 4. The SMILES string of the molecule is CCOC(=O)Cc1ncc(-c2cnn(C)c2)cn1. The van der Waals surface area contributed by atoms with E-state index in [9.17, 15) is 4.79 Å². The van der Waals surface area contributed by atoms with Crippen molar-refractivity contribution in [3.8, 4) is 11.1 Å². The van der Waals surface area contributed by atoms with Gasteiger partial charge >= 0.3 is 5.97 Å². The third kappa shape index (κ3) is 2.91. The largest absolute Gasteiger partial charge is 0.466 e. The van der Waals surface area contributed by atoms with Crippen molar-refractivity contribution in [2.24, 2.45) is 7.05 Å². The fourth-order valence-electron chi connectivity index (χ4n) is 1.51. The van der Waals surface area contributed by atoms with Gasteiger partial charge in [0.1, 0.15) is 12.2 Å². The second-order valence-electron chi connectivity index (χ2n) is 3.77. The average Bonchev–Trinajstić information content (AvgIpc) is 2.77. The zero-order valence-electron chi connectivity index (χ0n) is 10.3. The Morgan fingerprint density at radius 3 is 2.56 bits per heavy atom. The van der Waals surface area contributed by atoms with Crippen LogP contribution in [0, 0.1) is 0 Å². The molecule has 0 radical (unpaired) electrons. The number of hydrogen-bond acceptors (Lipinski definition) is 5. The Morgan fingerprint density at radius 1 is 1.28 bits per heavy atom. The molecule has 0 N–H and O–H groups in total. The number of esters is 1. The summed E-state index contributed by atoms with van der Waals surface area (Å²) in [5.74, 6) is 0.146. The first kappa shape index (κ1) is 12.2. The van der Waals surface area contributed by atoms with Crippen LogP contribution in [-0.2, 0) is 23.0 Å². The highest BCUT2D eigenvalue weighted by Gasteiger charge is 2.07. The molecule has 2 heterocycles. The Bertz CT molecular complexity index is 533. The second-order valence-corrected chi connectivity index (χ2v) is 3.77. The van der Waals surface area contributed by atoms with Gasteiger partial charge in [-0.2, -0.15) is 5.10 Å². The van der Waals surface area contributed by atoms with Crippen LogP contribution in [0.15, 0.2) is 24.8 Å². The van der Waals surface area contributed by atoms with Gasteiger partial charge in [-0.1, -0.05) is 0 Å². The monoisotopic (exact) mass is 246 g/mol. The van der Waals surface area contributed by atoms with Crippen LogP contribution >= 0.6 is 0 Å². The lowest BCUT2D eigenvalue weighted by Crippen LogP contribution is -2.10. The molecule has 0 saturated carbocycles. The first-order valence-corrected chi connectivity index (χ1v) is 5.64. The third-order valence-corrected chi connectivity index (χ3v) is 2.35. The van der Waals surface area contributed by atoms with Crippen molar-refractivity contribution in [2.75, 3.05) is 6.61 Å². The molecule has 6 nitrogen and oxygen atoms in total. The fraction of sp³-hybridized carbons (Fsp3) is 0.333. The Morgan fingerprint density at radius 2 is 2.00 bits per heavy atom.